The van der Waals surface area contributed by atoms with Crippen LogP contribution in [0.3, 0.4) is 0 Å². The van der Waals surface area contributed by atoms with E-state index in [0.29, 0.717) is 18.4 Å². The lowest BCUT2D eigenvalue weighted by molar-refractivity contribution is -0.119. The van der Waals surface area contributed by atoms with Crippen molar-refractivity contribution in [2.75, 3.05) is 13.1 Å². The van der Waals surface area contributed by atoms with Crippen LogP contribution >= 0.6 is 0 Å². The number of nitrogens with zero attached hydrogens (tertiary/aromatic N) is 1. The van der Waals surface area contributed by atoms with Gasteiger partial charge in [0.2, 0.25) is 0 Å². The van der Waals surface area contributed by atoms with E-state index in [-0.39, 0.29) is 5.92 Å². The molecule has 1 atom stereocenters. The lowest BCUT2D eigenvalue weighted by Gasteiger charge is -2.18. The van der Waals surface area contributed by atoms with Crippen LogP contribution in [0.1, 0.15) is 20.8 Å². The fourth-order valence-corrected chi connectivity index (χ4v) is 1.27. The van der Waals surface area contributed by atoms with Gasteiger partial charge in [0, 0.05) is 18.5 Å². The van der Waals surface area contributed by atoms with Gasteiger partial charge in [0.25, 0.3) is 0 Å². The van der Waals surface area contributed by atoms with E-state index >= 15 is 0 Å². The van der Waals surface area contributed by atoms with Crippen LogP contribution in [0.5, 0.6) is 0 Å². The fourth-order valence-electron chi connectivity index (χ4n) is 1.27. The second-order valence-electron chi connectivity index (χ2n) is 3.39. The van der Waals surface area contributed by atoms with Crippen molar-refractivity contribution in [2.24, 2.45) is 5.92 Å². The third-order valence-electron chi connectivity index (χ3n) is 2.15. The average Bonchev–Trinajstić information content (AvgIpc) is 2.13. The quantitative estimate of drug-likeness (QED) is 0.541. The predicted octanol–water partition coefficient (Wildman–Crippen LogP) is 0.916. The maximum atomic E-state index is 11.0. The van der Waals surface area contributed by atoms with E-state index in [1.54, 1.807) is 0 Å². The van der Waals surface area contributed by atoms with Gasteiger partial charge in [-0.1, -0.05) is 6.92 Å². The molecule has 0 aromatic rings. The minimum atomic E-state index is 0.266. The highest BCUT2D eigenvalue weighted by Gasteiger charge is 2.27. The van der Waals surface area contributed by atoms with Crippen molar-refractivity contribution in [3.8, 4) is 0 Å². The predicted molar refractivity (Wildman–Crippen MR) is 40.9 cm³/mol. The van der Waals surface area contributed by atoms with Gasteiger partial charge in [-0.2, -0.15) is 0 Å². The number of ketones is 1. The summed E-state index contributed by atoms with van der Waals surface area (Å²) in [6, 6.07) is 0.522. The highest BCUT2D eigenvalue weighted by Crippen LogP contribution is 2.13. The summed E-state index contributed by atoms with van der Waals surface area (Å²) < 4.78 is 0. The van der Waals surface area contributed by atoms with E-state index < -0.39 is 0 Å². The first kappa shape index (κ1) is 7.73. The van der Waals surface area contributed by atoms with Crippen LogP contribution in [0.4, 0.5) is 0 Å². The Morgan fingerprint density at radius 1 is 1.60 bits per heavy atom. The maximum absolute atomic E-state index is 11.0. The zero-order chi connectivity index (χ0) is 7.72. The molecule has 0 aromatic heterocycles. The van der Waals surface area contributed by atoms with Crippen molar-refractivity contribution in [1.82, 2.24) is 4.90 Å². The number of hydrogen-bond acceptors (Lipinski definition) is 2. The van der Waals surface area contributed by atoms with Gasteiger partial charge in [-0.3, -0.25) is 9.69 Å². The van der Waals surface area contributed by atoms with E-state index in [2.05, 4.69) is 18.7 Å². The largest absolute Gasteiger partial charge is 0.298 e. The molecule has 0 amide bonds. The third kappa shape index (κ3) is 1.37. The molecular weight excluding hydrogens is 126 g/mol. The second-order valence-corrected chi connectivity index (χ2v) is 3.39. The molecule has 58 valence electrons. The normalized spacial score (nSPS) is 28.4. The molecule has 1 rings (SSSR count). The summed E-state index contributed by atoms with van der Waals surface area (Å²) in [5, 5.41) is 0. The van der Waals surface area contributed by atoms with Gasteiger partial charge in [-0.15, -0.1) is 0 Å². The van der Waals surface area contributed by atoms with Crippen molar-refractivity contribution in [3.63, 3.8) is 0 Å². The van der Waals surface area contributed by atoms with E-state index in [9.17, 15) is 4.79 Å². The Morgan fingerprint density at radius 3 is 2.40 bits per heavy atom. The van der Waals surface area contributed by atoms with E-state index in [1.165, 1.54) is 0 Å². The van der Waals surface area contributed by atoms with Crippen LogP contribution < -0.4 is 0 Å². The van der Waals surface area contributed by atoms with Crippen LogP contribution in [0, 0.1) is 5.92 Å². The number of hydrogen-bond donors (Lipinski definition) is 0. The second kappa shape index (κ2) is 2.70. The summed E-state index contributed by atoms with van der Waals surface area (Å²) in [6.45, 7) is 7.89. The minimum Gasteiger partial charge on any atom is -0.298 e. The molecule has 0 saturated carbocycles. The Hall–Kier alpha value is -0.370. The van der Waals surface area contributed by atoms with Crippen molar-refractivity contribution in [2.45, 2.75) is 26.8 Å². The Labute approximate surface area is 62.2 Å². The first-order valence-electron chi connectivity index (χ1n) is 3.88. The maximum Gasteiger partial charge on any atom is 0.150 e. The Bertz CT molecular complexity index is 142. The summed E-state index contributed by atoms with van der Waals surface area (Å²) in [5.74, 6) is 0.663. The summed E-state index contributed by atoms with van der Waals surface area (Å²) in [4.78, 5) is 13.3. The summed E-state index contributed by atoms with van der Waals surface area (Å²) in [5.41, 5.74) is 0. The molecule has 0 spiro atoms. The lowest BCUT2D eigenvalue weighted by Crippen LogP contribution is -2.28. The standard InChI is InChI=1S/C8H15NO/c1-6(2)9-4-7(3)8(10)5-9/h6-7H,4-5H2,1-3H3/t7-/m1/s1. The van der Waals surface area contributed by atoms with Gasteiger partial charge in [-0.25, -0.2) is 0 Å². The molecular formula is C8H15NO. The van der Waals surface area contributed by atoms with Gasteiger partial charge >= 0.3 is 0 Å². The highest BCUT2D eigenvalue weighted by atomic mass is 16.1. The number of Topliss-reactive ketones (excluding diaryl/α,β-unsaturated/α-hetero) is 1. The molecule has 1 fully saturated rings. The van der Waals surface area contributed by atoms with E-state index in [4.69, 9.17) is 0 Å². The molecule has 2 nitrogen and oxygen atoms in total. The molecule has 1 aliphatic rings. The fraction of sp³-hybridized carbons (Fsp3) is 0.875. The zero-order valence-corrected chi connectivity index (χ0v) is 6.92. The molecule has 0 N–H and O–H groups in total. The topological polar surface area (TPSA) is 20.3 Å². The van der Waals surface area contributed by atoms with Crippen LogP contribution in [0.15, 0.2) is 0 Å². The molecule has 0 radical (unpaired) electrons. The third-order valence-corrected chi connectivity index (χ3v) is 2.15. The van der Waals surface area contributed by atoms with Gasteiger partial charge in [-0.05, 0) is 13.8 Å². The molecule has 2 heteroatoms. The molecule has 0 unspecified atom stereocenters. The SMILES string of the molecule is CC(C)N1CC(=O)[C@H](C)C1. The number of carbonyl (C=O) groups excluding carboxylic acids is 1. The van der Waals surface area contributed by atoms with Gasteiger partial charge in [0.05, 0.1) is 6.54 Å². The van der Waals surface area contributed by atoms with Crippen molar-refractivity contribution < 1.29 is 4.79 Å². The molecule has 0 bridgehead atoms. The Kier molecular flexibility index (Phi) is 2.09. The zero-order valence-electron chi connectivity index (χ0n) is 6.92. The average molecular weight is 141 g/mol. The van der Waals surface area contributed by atoms with Crippen molar-refractivity contribution in [1.29, 1.82) is 0 Å². The summed E-state index contributed by atoms with van der Waals surface area (Å²) in [6.07, 6.45) is 0. The Morgan fingerprint density at radius 2 is 2.20 bits per heavy atom. The molecule has 10 heavy (non-hydrogen) atoms. The van der Waals surface area contributed by atoms with Crippen molar-refractivity contribution >= 4 is 5.78 Å². The first-order chi connectivity index (χ1) is 4.61. The minimum absolute atomic E-state index is 0.266. The van der Waals surface area contributed by atoms with Crippen LogP contribution in [0.2, 0.25) is 0 Å². The molecule has 0 aliphatic carbocycles. The number of rotatable bonds is 1. The molecule has 1 heterocycles. The van der Waals surface area contributed by atoms with E-state index in [1.807, 2.05) is 6.92 Å². The summed E-state index contributed by atoms with van der Waals surface area (Å²) >= 11 is 0. The van der Waals surface area contributed by atoms with Crippen LogP contribution in [-0.2, 0) is 4.79 Å². The smallest absolute Gasteiger partial charge is 0.150 e. The van der Waals surface area contributed by atoms with Crippen molar-refractivity contribution in [3.05, 3.63) is 0 Å². The number of carbonyl (C=O) groups is 1. The molecule has 1 saturated heterocycles. The van der Waals surface area contributed by atoms with Gasteiger partial charge in [0.15, 0.2) is 5.78 Å². The summed E-state index contributed by atoms with van der Waals surface area (Å²) in [7, 11) is 0. The first-order valence-corrected chi connectivity index (χ1v) is 3.88. The van der Waals surface area contributed by atoms with Crippen LogP contribution in [0.25, 0.3) is 0 Å². The molecule has 0 aromatic carbocycles. The molecule has 1 aliphatic heterocycles. The van der Waals surface area contributed by atoms with Gasteiger partial charge in [0.1, 0.15) is 0 Å². The monoisotopic (exact) mass is 141 g/mol. The Balaban J connectivity index is 2.49. The lowest BCUT2D eigenvalue weighted by atomic mass is 10.1. The van der Waals surface area contributed by atoms with Crippen LogP contribution in [-0.4, -0.2) is 29.8 Å². The number of likely N-dealkylation sites (tertiary alicyclic amines) is 1. The van der Waals surface area contributed by atoms with E-state index in [0.717, 1.165) is 6.54 Å². The highest BCUT2D eigenvalue weighted by molar-refractivity contribution is 5.84. The van der Waals surface area contributed by atoms with Gasteiger partial charge < -0.3 is 0 Å².